The zero-order chi connectivity index (χ0) is 14.1. The van der Waals surface area contributed by atoms with Gasteiger partial charge in [-0.1, -0.05) is 29.8 Å². The van der Waals surface area contributed by atoms with Crippen molar-refractivity contribution in [2.45, 2.75) is 32.7 Å². The van der Waals surface area contributed by atoms with Crippen LogP contribution in [0.3, 0.4) is 0 Å². The molecule has 1 atom stereocenters. The molecule has 0 aliphatic heterocycles. The summed E-state index contributed by atoms with van der Waals surface area (Å²) in [6.45, 7) is 3.89. The minimum absolute atomic E-state index is 0.0475. The van der Waals surface area contributed by atoms with Crippen LogP contribution >= 0.6 is 0 Å². The van der Waals surface area contributed by atoms with Gasteiger partial charge in [-0.15, -0.1) is 0 Å². The lowest BCUT2D eigenvalue weighted by atomic mass is 10.0. The Morgan fingerprint density at radius 2 is 1.90 bits per heavy atom. The van der Waals surface area contributed by atoms with Crippen LogP contribution in [0, 0.1) is 19.8 Å². The molecule has 1 aromatic heterocycles. The fourth-order valence-electron chi connectivity index (χ4n) is 2.52. The van der Waals surface area contributed by atoms with E-state index in [0.717, 1.165) is 0 Å². The molecular weight excluding hydrogens is 250 g/mol. The highest BCUT2D eigenvalue weighted by Crippen LogP contribution is 2.41. The molecule has 1 heterocycles. The summed E-state index contributed by atoms with van der Waals surface area (Å²) < 4.78 is 5.20. The van der Waals surface area contributed by atoms with Crippen molar-refractivity contribution < 1.29 is 9.21 Å². The Labute approximate surface area is 119 Å². The van der Waals surface area contributed by atoms with E-state index in [0.29, 0.717) is 17.2 Å². The number of amides is 1. The van der Waals surface area contributed by atoms with Crippen molar-refractivity contribution in [1.82, 2.24) is 5.32 Å². The summed E-state index contributed by atoms with van der Waals surface area (Å²) in [5.74, 6) is 1.18. The molecule has 1 saturated carbocycles. The second-order valence-electron chi connectivity index (χ2n) is 5.59. The smallest absolute Gasteiger partial charge is 0.255 e. The predicted octanol–water partition coefficient (Wildman–Crippen LogP) is 3.78. The Bertz CT molecular complexity index is 608. The first kappa shape index (κ1) is 13.0. The number of hydrogen-bond acceptors (Lipinski definition) is 2. The molecule has 0 spiro atoms. The van der Waals surface area contributed by atoms with E-state index in [4.69, 9.17) is 4.42 Å². The predicted molar refractivity (Wildman–Crippen MR) is 77.6 cm³/mol. The molecule has 0 radical (unpaired) electrons. The summed E-state index contributed by atoms with van der Waals surface area (Å²) in [5, 5.41) is 3.16. The lowest BCUT2D eigenvalue weighted by Crippen LogP contribution is -2.30. The Hall–Kier alpha value is -2.03. The zero-order valence-electron chi connectivity index (χ0n) is 11.8. The van der Waals surface area contributed by atoms with Crippen molar-refractivity contribution >= 4 is 5.91 Å². The molecule has 1 unspecified atom stereocenters. The van der Waals surface area contributed by atoms with Crippen LogP contribution in [0.2, 0.25) is 0 Å². The van der Waals surface area contributed by atoms with Crippen LogP contribution in [0.1, 0.15) is 46.1 Å². The van der Waals surface area contributed by atoms with Crippen molar-refractivity contribution in [3.63, 3.8) is 0 Å². The molecule has 3 heteroatoms. The molecule has 1 aliphatic rings. The molecule has 1 fully saturated rings. The molecule has 3 nitrogen and oxygen atoms in total. The van der Waals surface area contributed by atoms with Gasteiger partial charge in [0.2, 0.25) is 0 Å². The van der Waals surface area contributed by atoms with Gasteiger partial charge in [0, 0.05) is 0 Å². The van der Waals surface area contributed by atoms with Crippen LogP contribution in [0.25, 0.3) is 0 Å². The molecular formula is C17H19NO2. The second-order valence-corrected chi connectivity index (χ2v) is 5.59. The maximum Gasteiger partial charge on any atom is 0.255 e. The van der Waals surface area contributed by atoms with Gasteiger partial charge in [0.1, 0.15) is 5.76 Å². The highest BCUT2D eigenvalue weighted by molar-refractivity contribution is 5.95. The monoisotopic (exact) mass is 269 g/mol. The van der Waals surface area contributed by atoms with E-state index in [1.54, 1.807) is 12.3 Å². The zero-order valence-corrected chi connectivity index (χ0v) is 11.8. The van der Waals surface area contributed by atoms with Gasteiger partial charge in [-0.2, -0.15) is 0 Å². The van der Waals surface area contributed by atoms with E-state index in [2.05, 4.69) is 36.5 Å². The van der Waals surface area contributed by atoms with Crippen LogP contribution in [0.4, 0.5) is 0 Å². The Balaban J connectivity index is 1.80. The molecule has 2 aromatic rings. The molecule has 0 bridgehead atoms. The first-order valence-corrected chi connectivity index (χ1v) is 7.06. The van der Waals surface area contributed by atoms with Gasteiger partial charge in [-0.3, -0.25) is 4.79 Å². The van der Waals surface area contributed by atoms with Crippen LogP contribution in [0.15, 0.2) is 41.0 Å². The number of furan rings is 1. The molecule has 3 rings (SSSR count). The van der Waals surface area contributed by atoms with Crippen LogP contribution in [-0.4, -0.2) is 5.91 Å². The Morgan fingerprint density at radius 1 is 1.20 bits per heavy atom. The first-order valence-electron chi connectivity index (χ1n) is 7.06. The highest BCUT2D eigenvalue weighted by atomic mass is 16.3. The van der Waals surface area contributed by atoms with Gasteiger partial charge in [0.15, 0.2) is 0 Å². The third-order valence-electron chi connectivity index (χ3n) is 3.92. The molecule has 104 valence electrons. The Kier molecular flexibility index (Phi) is 3.35. The van der Waals surface area contributed by atoms with Crippen molar-refractivity contribution in [2.75, 3.05) is 0 Å². The van der Waals surface area contributed by atoms with Gasteiger partial charge in [0.05, 0.1) is 17.9 Å². The van der Waals surface area contributed by atoms with E-state index in [1.165, 1.54) is 24.0 Å². The lowest BCUT2D eigenvalue weighted by Gasteiger charge is -2.19. The van der Waals surface area contributed by atoms with E-state index in [1.807, 2.05) is 6.92 Å². The van der Waals surface area contributed by atoms with Crippen LogP contribution in [0.5, 0.6) is 0 Å². The standard InChI is InChI=1S/C17H19NO2/c1-11-3-5-13(6-4-11)16(14-7-8-14)18-17(19)15-9-10-20-12(15)2/h3-6,9-10,14,16H,7-8H2,1-2H3,(H,18,19). The van der Waals surface area contributed by atoms with Crippen molar-refractivity contribution in [3.05, 3.63) is 59.0 Å². The second kappa shape index (κ2) is 5.16. The first-order chi connectivity index (χ1) is 9.65. The van der Waals surface area contributed by atoms with Gasteiger partial charge in [0.25, 0.3) is 5.91 Å². The quantitative estimate of drug-likeness (QED) is 0.917. The number of carbonyl (C=O) groups excluding carboxylic acids is 1. The average molecular weight is 269 g/mol. The maximum atomic E-state index is 12.3. The highest BCUT2D eigenvalue weighted by Gasteiger charge is 2.33. The van der Waals surface area contributed by atoms with Gasteiger partial charge in [-0.25, -0.2) is 0 Å². The minimum atomic E-state index is -0.0475. The summed E-state index contributed by atoms with van der Waals surface area (Å²) >= 11 is 0. The molecule has 1 aliphatic carbocycles. The normalized spacial score (nSPS) is 15.9. The number of benzene rings is 1. The number of carbonyl (C=O) groups is 1. The fraction of sp³-hybridized carbons (Fsp3) is 0.353. The molecule has 20 heavy (non-hydrogen) atoms. The fourth-order valence-corrected chi connectivity index (χ4v) is 2.52. The summed E-state index contributed by atoms with van der Waals surface area (Å²) in [6, 6.07) is 10.3. The molecule has 0 saturated heterocycles. The van der Waals surface area contributed by atoms with E-state index >= 15 is 0 Å². The molecule has 1 N–H and O–H groups in total. The van der Waals surface area contributed by atoms with E-state index in [9.17, 15) is 4.79 Å². The minimum Gasteiger partial charge on any atom is -0.469 e. The van der Waals surface area contributed by atoms with E-state index in [-0.39, 0.29) is 11.9 Å². The largest absolute Gasteiger partial charge is 0.469 e. The number of nitrogens with one attached hydrogen (secondary N) is 1. The van der Waals surface area contributed by atoms with Crippen LogP contribution in [-0.2, 0) is 0 Å². The van der Waals surface area contributed by atoms with Gasteiger partial charge >= 0.3 is 0 Å². The summed E-state index contributed by atoms with van der Waals surface area (Å²) in [5.41, 5.74) is 3.05. The summed E-state index contributed by atoms with van der Waals surface area (Å²) in [6.07, 6.45) is 3.93. The third kappa shape index (κ3) is 2.62. The SMILES string of the molecule is Cc1ccc(C(NC(=O)c2ccoc2C)C2CC2)cc1. The lowest BCUT2D eigenvalue weighted by molar-refractivity contribution is 0.0930. The third-order valence-corrected chi connectivity index (χ3v) is 3.92. The number of aryl methyl sites for hydroxylation is 2. The van der Waals surface area contributed by atoms with Crippen molar-refractivity contribution in [2.24, 2.45) is 5.92 Å². The van der Waals surface area contributed by atoms with Crippen molar-refractivity contribution in [3.8, 4) is 0 Å². The average Bonchev–Trinajstić information content (AvgIpc) is 3.18. The Morgan fingerprint density at radius 3 is 2.45 bits per heavy atom. The topological polar surface area (TPSA) is 42.2 Å². The maximum absolute atomic E-state index is 12.3. The van der Waals surface area contributed by atoms with Gasteiger partial charge in [-0.05, 0) is 44.2 Å². The van der Waals surface area contributed by atoms with Gasteiger partial charge < -0.3 is 9.73 Å². The van der Waals surface area contributed by atoms with E-state index < -0.39 is 0 Å². The summed E-state index contributed by atoms with van der Waals surface area (Å²) in [7, 11) is 0. The number of hydrogen-bond donors (Lipinski definition) is 1. The molecule has 1 amide bonds. The number of rotatable bonds is 4. The van der Waals surface area contributed by atoms with Crippen molar-refractivity contribution in [1.29, 1.82) is 0 Å². The summed E-state index contributed by atoms with van der Waals surface area (Å²) in [4.78, 5) is 12.3. The van der Waals surface area contributed by atoms with Crippen LogP contribution < -0.4 is 5.32 Å². The molecule has 1 aromatic carbocycles.